The first kappa shape index (κ1) is 23.8. The molecule has 2 aromatic rings. The van der Waals surface area contributed by atoms with Crippen molar-refractivity contribution >= 4 is 69.6 Å². The van der Waals surface area contributed by atoms with Gasteiger partial charge in [-0.1, -0.05) is 17.7 Å². The number of nitrogens with one attached hydrogen (secondary N) is 1. The van der Waals surface area contributed by atoms with Gasteiger partial charge in [0.15, 0.2) is 0 Å². The van der Waals surface area contributed by atoms with Gasteiger partial charge in [0.1, 0.15) is 6.54 Å². The number of rotatable bonds is 8. The summed E-state index contributed by atoms with van der Waals surface area (Å²) in [6, 6.07) is 10.7. The number of imide groups is 1. The predicted octanol–water partition coefficient (Wildman–Crippen LogP) is 4.01. The SMILES string of the molecule is O=C(CN1C(=O)S/C(=C\c2ccc(SCCO)c([N+](=O)[O-])c2)C1=O)Nc1ccc(Cl)cc1. The Kier molecular flexibility index (Phi) is 7.91. The van der Waals surface area contributed by atoms with Gasteiger partial charge in [-0.05, 0) is 53.7 Å². The Morgan fingerprint density at radius 3 is 2.62 bits per heavy atom. The molecule has 0 aromatic heterocycles. The van der Waals surface area contributed by atoms with E-state index in [0.717, 1.165) is 16.7 Å². The normalized spacial score (nSPS) is 14.8. The molecule has 166 valence electrons. The molecule has 1 saturated heterocycles. The lowest BCUT2D eigenvalue weighted by Crippen LogP contribution is -2.36. The van der Waals surface area contributed by atoms with Crippen molar-refractivity contribution in [3.05, 3.63) is 68.1 Å². The molecule has 1 fully saturated rings. The summed E-state index contributed by atoms with van der Waals surface area (Å²) in [5.41, 5.74) is 0.660. The molecular weight excluding hydrogens is 478 g/mol. The highest BCUT2D eigenvalue weighted by Gasteiger charge is 2.36. The average molecular weight is 494 g/mol. The molecule has 0 atom stereocenters. The number of benzene rings is 2. The van der Waals surface area contributed by atoms with Crippen molar-refractivity contribution in [3.63, 3.8) is 0 Å². The second kappa shape index (κ2) is 10.6. The van der Waals surface area contributed by atoms with E-state index in [9.17, 15) is 24.5 Å². The molecule has 9 nitrogen and oxygen atoms in total. The first-order valence-corrected chi connectivity index (χ1v) is 11.3. The quantitative estimate of drug-likeness (QED) is 0.244. The van der Waals surface area contributed by atoms with E-state index in [1.54, 1.807) is 30.3 Å². The van der Waals surface area contributed by atoms with E-state index in [4.69, 9.17) is 16.7 Å². The lowest BCUT2D eigenvalue weighted by Gasteiger charge is -2.12. The fraction of sp³-hybridized carbons (Fsp3) is 0.150. The molecule has 1 aliphatic heterocycles. The average Bonchev–Trinajstić information content (AvgIpc) is 3.01. The van der Waals surface area contributed by atoms with E-state index in [0.29, 0.717) is 38.7 Å². The zero-order valence-corrected chi connectivity index (χ0v) is 18.7. The highest BCUT2D eigenvalue weighted by atomic mass is 35.5. The van der Waals surface area contributed by atoms with Gasteiger partial charge in [0.05, 0.1) is 21.3 Å². The summed E-state index contributed by atoms with van der Waals surface area (Å²) in [6.45, 7) is -0.593. The third-order valence-corrected chi connectivity index (χ3v) is 6.33. The first-order valence-electron chi connectivity index (χ1n) is 9.11. The van der Waals surface area contributed by atoms with Gasteiger partial charge in [0, 0.05) is 22.5 Å². The van der Waals surface area contributed by atoms with Gasteiger partial charge in [-0.2, -0.15) is 0 Å². The fourth-order valence-electron chi connectivity index (χ4n) is 2.71. The molecule has 0 spiro atoms. The molecule has 3 rings (SSSR count). The van der Waals surface area contributed by atoms with Crippen molar-refractivity contribution < 1.29 is 24.4 Å². The van der Waals surface area contributed by atoms with Crippen molar-refractivity contribution in [3.8, 4) is 0 Å². The molecule has 0 bridgehead atoms. The van der Waals surface area contributed by atoms with Crippen LogP contribution in [0.5, 0.6) is 0 Å². The maximum absolute atomic E-state index is 12.6. The van der Waals surface area contributed by atoms with Crippen molar-refractivity contribution in [2.24, 2.45) is 0 Å². The number of carbonyl (C=O) groups excluding carboxylic acids is 3. The molecule has 2 N–H and O–H groups in total. The van der Waals surface area contributed by atoms with Gasteiger partial charge in [0.2, 0.25) is 5.91 Å². The molecule has 3 amide bonds. The number of nitro benzene ring substituents is 1. The Morgan fingerprint density at radius 2 is 1.97 bits per heavy atom. The number of amides is 3. The van der Waals surface area contributed by atoms with Crippen molar-refractivity contribution in [1.29, 1.82) is 0 Å². The number of aliphatic hydroxyl groups excluding tert-OH is 1. The highest BCUT2D eigenvalue weighted by molar-refractivity contribution is 8.18. The van der Waals surface area contributed by atoms with Crippen LogP contribution in [0.4, 0.5) is 16.2 Å². The van der Waals surface area contributed by atoms with Crippen LogP contribution in [0.1, 0.15) is 5.56 Å². The lowest BCUT2D eigenvalue weighted by molar-refractivity contribution is -0.387. The molecule has 32 heavy (non-hydrogen) atoms. The molecule has 1 heterocycles. The Labute approximate surface area is 196 Å². The van der Waals surface area contributed by atoms with Crippen LogP contribution in [-0.4, -0.2) is 50.9 Å². The molecular formula is C20H16ClN3O6S2. The lowest BCUT2D eigenvalue weighted by atomic mass is 10.2. The summed E-state index contributed by atoms with van der Waals surface area (Å²) in [5, 5.41) is 22.7. The van der Waals surface area contributed by atoms with Gasteiger partial charge in [-0.3, -0.25) is 29.4 Å². The van der Waals surface area contributed by atoms with Crippen LogP contribution < -0.4 is 5.32 Å². The van der Waals surface area contributed by atoms with E-state index < -0.39 is 28.5 Å². The van der Waals surface area contributed by atoms with Crippen LogP contribution >= 0.6 is 35.1 Å². The minimum Gasteiger partial charge on any atom is -0.396 e. The summed E-state index contributed by atoms with van der Waals surface area (Å²) >= 11 is 7.59. The van der Waals surface area contributed by atoms with E-state index in [-0.39, 0.29) is 17.2 Å². The Bertz CT molecular complexity index is 1110. The standard InChI is InChI=1S/C20H16ClN3O6S2/c21-13-2-4-14(5-3-13)22-18(26)11-23-19(27)17(32-20(23)28)10-12-1-6-16(31-8-7-25)15(9-12)24(29)30/h1-6,9-10,25H,7-8,11H2,(H,22,26)/b17-10-. The first-order chi connectivity index (χ1) is 15.3. The van der Waals surface area contributed by atoms with Gasteiger partial charge in [0.25, 0.3) is 16.8 Å². The topological polar surface area (TPSA) is 130 Å². The van der Waals surface area contributed by atoms with Gasteiger partial charge < -0.3 is 10.4 Å². The predicted molar refractivity (Wildman–Crippen MR) is 124 cm³/mol. The number of anilines is 1. The number of hydrogen-bond acceptors (Lipinski definition) is 8. The number of carbonyl (C=O) groups is 3. The second-order valence-electron chi connectivity index (χ2n) is 6.38. The Morgan fingerprint density at radius 1 is 1.25 bits per heavy atom. The van der Waals surface area contributed by atoms with E-state index in [2.05, 4.69) is 5.32 Å². The van der Waals surface area contributed by atoms with Crippen molar-refractivity contribution in [2.45, 2.75) is 4.90 Å². The number of nitrogens with zero attached hydrogens (tertiary/aromatic N) is 2. The van der Waals surface area contributed by atoms with Crippen LogP contribution in [-0.2, 0) is 9.59 Å². The highest BCUT2D eigenvalue weighted by Crippen LogP contribution is 2.34. The molecule has 0 radical (unpaired) electrons. The minimum atomic E-state index is -0.660. The smallest absolute Gasteiger partial charge is 0.294 e. The van der Waals surface area contributed by atoms with Crippen LogP contribution in [0.2, 0.25) is 5.02 Å². The third kappa shape index (κ3) is 5.88. The van der Waals surface area contributed by atoms with Crippen molar-refractivity contribution in [2.75, 3.05) is 24.2 Å². The maximum Gasteiger partial charge on any atom is 0.294 e. The van der Waals surface area contributed by atoms with Gasteiger partial charge >= 0.3 is 0 Å². The van der Waals surface area contributed by atoms with E-state index in [1.165, 1.54) is 18.2 Å². The van der Waals surface area contributed by atoms with Crippen LogP contribution in [0.25, 0.3) is 6.08 Å². The van der Waals surface area contributed by atoms with Crippen molar-refractivity contribution in [1.82, 2.24) is 4.90 Å². The van der Waals surface area contributed by atoms with Crippen LogP contribution in [0.3, 0.4) is 0 Å². The third-order valence-electron chi connectivity index (χ3n) is 4.13. The second-order valence-corrected chi connectivity index (χ2v) is 8.95. The maximum atomic E-state index is 12.6. The van der Waals surface area contributed by atoms with E-state index >= 15 is 0 Å². The molecule has 12 heteroatoms. The monoisotopic (exact) mass is 493 g/mol. The van der Waals surface area contributed by atoms with Crippen LogP contribution in [0.15, 0.2) is 52.3 Å². The Balaban J connectivity index is 1.73. The molecule has 0 saturated carbocycles. The van der Waals surface area contributed by atoms with Gasteiger partial charge in [-0.25, -0.2) is 0 Å². The fourth-order valence-corrected chi connectivity index (χ4v) is 4.43. The number of hydrogen-bond donors (Lipinski definition) is 2. The zero-order chi connectivity index (χ0) is 23.3. The van der Waals surface area contributed by atoms with Gasteiger partial charge in [-0.15, -0.1) is 11.8 Å². The number of halogens is 1. The Hall–Kier alpha value is -2.86. The largest absolute Gasteiger partial charge is 0.396 e. The number of nitro groups is 1. The molecule has 1 aliphatic rings. The van der Waals surface area contributed by atoms with Crippen LogP contribution in [0, 0.1) is 10.1 Å². The molecule has 2 aromatic carbocycles. The molecule has 0 aliphatic carbocycles. The zero-order valence-electron chi connectivity index (χ0n) is 16.3. The summed E-state index contributed by atoms with van der Waals surface area (Å²) in [7, 11) is 0. The number of thioether (sulfide) groups is 2. The summed E-state index contributed by atoms with van der Waals surface area (Å²) in [4.78, 5) is 49.2. The molecule has 0 unspecified atom stereocenters. The number of aliphatic hydroxyl groups is 1. The van der Waals surface area contributed by atoms with E-state index in [1.807, 2.05) is 0 Å². The summed E-state index contributed by atoms with van der Waals surface area (Å²) in [6.07, 6.45) is 1.37. The summed E-state index contributed by atoms with van der Waals surface area (Å²) in [5.74, 6) is -0.915. The summed E-state index contributed by atoms with van der Waals surface area (Å²) < 4.78 is 0. The minimum absolute atomic E-state index is 0.0550.